The Bertz CT molecular complexity index is 321. The van der Waals surface area contributed by atoms with E-state index >= 15 is 0 Å². The minimum atomic E-state index is -0.213. The number of nitrogens with one attached hydrogen (secondary N) is 1. The van der Waals surface area contributed by atoms with Crippen molar-refractivity contribution in [2.24, 2.45) is 0 Å². The molecule has 0 unspecified atom stereocenters. The third-order valence-corrected chi connectivity index (χ3v) is 2.49. The minimum Gasteiger partial charge on any atom is -0.496 e. The molecule has 1 N–H and O–H groups in total. The van der Waals surface area contributed by atoms with Crippen LogP contribution in [0.25, 0.3) is 0 Å². The zero-order chi connectivity index (χ0) is 9.97. The third-order valence-electron chi connectivity index (χ3n) is 2.49. The molecular formula is C11H13FNO. The summed E-state index contributed by atoms with van der Waals surface area (Å²) in [4.78, 5) is 0. The number of halogens is 1. The maximum absolute atomic E-state index is 13.0. The molecule has 1 atom stereocenters. The lowest BCUT2D eigenvalue weighted by atomic mass is 10.0. The van der Waals surface area contributed by atoms with Crippen molar-refractivity contribution in [3.05, 3.63) is 36.1 Å². The van der Waals surface area contributed by atoms with E-state index in [2.05, 4.69) is 5.32 Å². The van der Waals surface area contributed by atoms with Crippen LogP contribution in [0.4, 0.5) is 4.39 Å². The highest BCUT2D eigenvalue weighted by molar-refractivity contribution is 5.37. The molecular weight excluding hydrogens is 181 g/mol. The second kappa shape index (κ2) is 3.96. The number of methoxy groups -OCH3 is 1. The smallest absolute Gasteiger partial charge is 0.123 e. The summed E-state index contributed by atoms with van der Waals surface area (Å²) in [6, 6.07) is 4.82. The first-order valence-corrected chi connectivity index (χ1v) is 4.72. The molecule has 1 aromatic carbocycles. The summed E-state index contributed by atoms with van der Waals surface area (Å²) in [5.74, 6) is 0.536. The normalized spacial score (nSPS) is 21.1. The van der Waals surface area contributed by atoms with E-state index in [1.54, 1.807) is 13.2 Å². The lowest BCUT2D eigenvalue weighted by Gasteiger charge is -2.14. The van der Waals surface area contributed by atoms with Crippen LogP contribution in [0, 0.1) is 12.4 Å². The van der Waals surface area contributed by atoms with Crippen molar-refractivity contribution < 1.29 is 9.13 Å². The number of rotatable bonds is 2. The summed E-state index contributed by atoms with van der Waals surface area (Å²) < 4.78 is 18.2. The fourth-order valence-electron chi connectivity index (χ4n) is 1.78. The predicted molar refractivity (Wildman–Crippen MR) is 52.4 cm³/mol. The Morgan fingerprint density at radius 3 is 3.00 bits per heavy atom. The summed E-state index contributed by atoms with van der Waals surface area (Å²) in [6.07, 6.45) is 2.02. The van der Waals surface area contributed by atoms with Crippen LogP contribution in [0.5, 0.6) is 5.75 Å². The second-order valence-electron chi connectivity index (χ2n) is 3.39. The SMILES string of the molecule is COc1ccc(F)cc1[C@H]1CC[CH]N1. The quantitative estimate of drug-likeness (QED) is 0.780. The van der Waals surface area contributed by atoms with Crippen LogP contribution in [-0.4, -0.2) is 7.11 Å². The van der Waals surface area contributed by atoms with Gasteiger partial charge < -0.3 is 10.1 Å². The van der Waals surface area contributed by atoms with E-state index in [4.69, 9.17) is 4.74 Å². The van der Waals surface area contributed by atoms with Gasteiger partial charge in [-0.05, 0) is 31.0 Å². The highest BCUT2D eigenvalue weighted by Gasteiger charge is 2.20. The largest absolute Gasteiger partial charge is 0.496 e. The van der Waals surface area contributed by atoms with Crippen LogP contribution in [0.15, 0.2) is 18.2 Å². The summed E-state index contributed by atoms with van der Waals surface area (Å²) >= 11 is 0. The molecule has 1 aromatic rings. The summed E-state index contributed by atoms with van der Waals surface area (Å²) in [7, 11) is 1.61. The first-order valence-electron chi connectivity index (χ1n) is 4.72. The Hall–Kier alpha value is -1.09. The van der Waals surface area contributed by atoms with E-state index in [-0.39, 0.29) is 11.9 Å². The molecule has 0 amide bonds. The predicted octanol–water partition coefficient (Wildman–Crippen LogP) is 2.42. The lowest BCUT2D eigenvalue weighted by Crippen LogP contribution is -2.11. The van der Waals surface area contributed by atoms with Crippen LogP contribution in [0.1, 0.15) is 24.4 Å². The molecule has 2 nitrogen and oxygen atoms in total. The molecule has 0 saturated carbocycles. The Balaban J connectivity index is 2.33. The van der Waals surface area contributed by atoms with E-state index in [1.807, 2.05) is 6.54 Å². The van der Waals surface area contributed by atoms with Crippen molar-refractivity contribution in [3.8, 4) is 5.75 Å². The van der Waals surface area contributed by atoms with Gasteiger partial charge in [-0.1, -0.05) is 0 Å². The van der Waals surface area contributed by atoms with Crippen LogP contribution < -0.4 is 10.1 Å². The van der Waals surface area contributed by atoms with Gasteiger partial charge in [0.1, 0.15) is 11.6 Å². The van der Waals surface area contributed by atoms with Crippen LogP contribution in [0.2, 0.25) is 0 Å². The van der Waals surface area contributed by atoms with Crippen molar-refractivity contribution in [2.45, 2.75) is 18.9 Å². The number of benzene rings is 1. The fourth-order valence-corrected chi connectivity index (χ4v) is 1.78. The molecule has 75 valence electrons. The first-order chi connectivity index (χ1) is 6.81. The Kier molecular flexibility index (Phi) is 2.68. The molecule has 1 aliphatic rings. The van der Waals surface area contributed by atoms with Gasteiger partial charge in [-0.3, -0.25) is 0 Å². The van der Waals surface area contributed by atoms with Gasteiger partial charge >= 0.3 is 0 Å². The van der Waals surface area contributed by atoms with Crippen molar-refractivity contribution in [1.29, 1.82) is 0 Å². The topological polar surface area (TPSA) is 21.3 Å². The molecule has 14 heavy (non-hydrogen) atoms. The molecule has 1 fully saturated rings. The summed E-state index contributed by atoms with van der Waals surface area (Å²) in [5, 5.41) is 3.20. The van der Waals surface area contributed by atoms with Crippen LogP contribution in [-0.2, 0) is 0 Å². The van der Waals surface area contributed by atoms with Gasteiger partial charge in [0.05, 0.1) is 7.11 Å². The molecule has 1 saturated heterocycles. The monoisotopic (exact) mass is 194 g/mol. The van der Waals surface area contributed by atoms with E-state index in [9.17, 15) is 4.39 Å². The maximum atomic E-state index is 13.0. The molecule has 0 bridgehead atoms. The van der Waals surface area contributed by atoms with E-state index in [0.29, 0.717) is 0 Å². The Labute approximate surface area is 83.1 Å². The molecule has 1 radical (unpaired) electrons. The average molecular weight is 194 g/mol. The van der Waals surface area contributed by atoms with E-state index in [0.717, 1.165) is 24.2 Å². The molecule has 0 spiro atoms. The zero-order valence-corrected chi connectivity index (χ0v) is 8.09. The van der Waals surface area contributed by atoms with Gasteiger partial charge in [0.15, 0.2) is 0 Å². The summed E-state index contributed by atoms with van der Waals surface area (Å²) in [5.41, 5.74) is 0.904. The van der Waals surface area contributed by atoms with E-state index in [1.165, 1.54) is 12.1 Å². The zero-order valence-electron chi connectivity index (χ0n) is 8.09. The number of hydrogen-bond donors (Lipinski definition) is 1. The third kappa shape index (κ3) is 1.73. The molecule has 1 aliphatic heterocycles. The number of ether oxygens (including phenoxy) is 1. The highest BCUT2D eigenvalue weighted by atomic mass is 19.1. The molecule has 2 rings (SSSR count). The second-order valence-corrected chi connectivity index (χ2v) is 3.39. The Morgan fingerprint density at radius 1 is 1.50 bits per heavy atom. The van der Waals surface area contributed by atoms with Crippen molar-refractivity contribution in [2.75, 3.05) is 7.11 Å². The van der Waals surface area contributed by atoms with Gasteiger partial charge in [-0.25, -0.2) is 4.39 Å². The van der Waals surface area contributed by atoms with Crippen molar-refractivity contribution in [1.82, 2.24) is 5.32 Å². The van der Waals surface area contributed by atoms with E-state index < -0.39 is 0 Å². The molecule has 0 aromatic heterocycles. The number of hydrogen-bond acceptors (Lipinski definition) is 2. The van der Waals surface area contributed by atoms with Gasteiger partial charge in [-0.2, -0.15) is 0 Å². The molecule has 0 aliphatic carbocycles. The van der Waals surface area contributed by atoms with Crippen molar-refractivity contribution >= 4 is 0 Å². The lowest BCUT2D eigenvalue weighted by molar-refractivity contribution is 0.402. The Morgan fingerprint density at radius 2 is 2.36 bits per heavy atom. The fraction of sp³-hybridized carbons (Fsp3) is 0.364. The standard InChI is InChI=1S/C11H13FNO/c1-14-11-5-4-8(12)7-9(11)10-3-2-6-13-10/h4-7,10,13H,2-3H2,1H3/t10-/m1/s1. The van der Waals surface area contributed by atoms with Crippen LogP contribution in [0.3, 0.4) is 0 Å². The van der Waals surface area contributed by atoms with Crippen molar-refractivity contribution in [3.63, 3.8) is 0 Å². The van der Waals surface area contributed by atoms with Crippen LogP contribution >= 0.6 is 0 Å². The highest BCUT2D eigenvalue weighted by Crippen LogP contribution is 2.32. The average Bonchev–Trinajstić information content (AvgIpc) is 2.70. The van der Waals surface area contributed by atoms with Gasteiger partial charge in [-0.15, -0.1) is 0 Å². The van der Waals surface area contributed by atoms with Gasteiger partial charge in [0.2, 0.25) is 0 Å². The minimum absolute atomic E-state index is 0.195. The first kappa shape index (κ1) is 9.46. The molecule has 3 heteroatoms. The maximum Gasteiger partial charge on any atom is 0.123 e. The van der Waals surface area contributed by atoms with Gasteiger partial charge in [0.25, 0.3) is 0 Å². The molecule has 1 heterocycles. The van der Waals surface area contributed by atoms with Gasteiger partial charge in [0, 0.05) is 18.2 Å². The summed E-state index contributed by atoms with van der Waals surface area (Å²) in [6.45, 7) is 2.01.